The van der Waals surface area contributed by atoms with Gasteiger partial charge >= 0.3 is 12.1 Å². The fourth-order valence-corrected chi connectivity index (χ4v) is 4.57. The Morgan fingerprint density at radius 3 is 2.53 bits per heavy atom. The number of nitrogens with zero attached hydrogens (tertiary/aromatic N) is 5. The molecular formula is C26H34N6O6. The SMILES string of the molecule is C=C[C@@H]1C[C@]1(NC(=O)[C@@H]1C[C@@H](c2nnn(-c3ccc(OC)cc3)n2)CN1C(=O)OC(C)(C)C)C(=O)OCC. The molecule has 2 aliphatic rings. The average Bonchev–Trinajstić information content (AvgIpc) is 3.21. The van der Waals surface area contributed by atoms with Gasteiger partial charge in [0.05, 0.1) is 19.4 Å². The lowest BCUT2D eigenvalue weighted by molar-refractivity contribution is -0.149. The van der Waals surface area contributed by atoms with Crippen LogP contribution >= 0.6 is 0 Å². The molecule has 2 heterocycles. The summed E-state index contributed by atoms with van der Waals surface area (Å²) in [6.07, 6.45) is 1.61. The summed E-state index contributed by atoms with van der Waals surface area (Å²) in [6, 6.07) is 6.25. The zero-order valence-electron chi connectivity index (χ0n) is 22.3. The second-order valence-corrected chi connectivity index (χ2v) is 10.4. The highest BCUT2D eigenvalue weighted by Crippen LogP contribution is 2.46. The Bertz CT molecular complexity index is 1210. The summed E-state index contributed by atoms with van der Waals surface area (Å²) in [6.45, 7) is 11.1. The lowest BCUT2D eigenvalue weighted by Gasteiger charge is -2.29. The summed E-state index contributed by atoms with van der Waals surface area (Å²) in [5.41, 5.74) is -1.26. The number of hydrogen-bond donors (Lipinski definition) is 1. The predicted octanol–water partition coefficient (Wildman–Crippen LogP) is 2.39. The third kappa shape index (κ3) is 5.48. The number of hydrogen-bond acceptors (Lipinski definition) is 9. The highest BCUT2D eigenvalue weighted by molar-refractivity contribution is 5.95. The van der Waals surface area contributed by atoms with E-state index in [0.29, 0.717) is 23.7 Å². The zero-order valence-corrected chi connectivity index (χ0v) is 22.3. The maximum Gasteiger partial charge on any atom is 0.410 e. The van der Waals surface area contributed by atoms with E-state index in [9.17, 15) is 14.4 Å². The van der Waals surface area contributed by atoms with Gasteiger partial charge in [0, 0.05) is 18.4 Å². The van der Waals surface area contributed by atoms with Crippen LogP contribution in [0.3, 0.4) is 0 Å². The van der Waals surface area contributed by atoms with Crippen LogP contribution in [0, 0.1) is 5.92 Å². The molecule has 4 atom stereocenters. The van der Waals surface area contributed by atoms with Crippen LogP contribution in [-0.2, 0) is 19.1 Å². The largest absolute Gasteiger partial charge is 0.497 e. The van der Waals surface area contributed by atoms with Crippen LogP contribution in [0.15, 0.2) is 36.9 Å². The number of benzene rings is 1. The Balaban J connectivity index is 1.56. The van der Waals surface area contributed by atoms with Crippen LogP contribution in [0.1, 0.15) is 52.3 Å². The molecule has 1 N–H and O–H groups in total. The number of methoxy groups -OCH3 is 1. The van der Waals surface area contributed by atoms with Gasteiger partial charge in [0.1, 0.15) is 22.9 Å². The van der Waals surface area contributed by atoms with Gasteiger partial charge < -0.3 is 19.5 Å². The summed E-state index contributed by atoms with van der Waals surface area (Å²) < 4.78 is 16.0. The first kappa shape index (κ1) is 27.1. The van der Waals surface area contributed by atoms with Gasteiger partial charge in [0.15, 0.2) is 5.82 Å². The highest BCUT2D eigenvalue weighted by Gasteiger charge is 2.62. The van der Waals surface area contributed by atoms with Crippen molar-refractivity contribution in [2.45, 2.75) is 63.6 Å². The van der Waals surface area contributed by atoms with Crippen molar-refractivity contribution in [1.82, 2.24) is 30.4 Å². The van der Waals surface area contributed by atoms with Crippen LogP contribution in [-0.4, -0.2) is 80.5 Å². The van der Waals surface area contributed by atoms with Crippen molar-refractivity contribution in [1.29, 1.82) is 0 Å². The Morgan fingerprint density at radius 2 is 1.95 bits per heavy atom. The third-order valence-corrected chi connectivity index (χ3v) is 6.61. The molecule has 204 valence electrons. The number of tetrazole rings is 1. The van der Waals surface area contributed by atoms with Crippen LogP contribution in [0.5, 0.6) is 5.75 Å². The normalized spacial score (nSPS) is 24.4. The molecule has 0 unspecified atom stereocenters. The zero-order chi connectivity index (χ0) is 27.7. The molecule has 2 aromatic rings. The van der Waals surface area contributed by atoms with E-state index in [1.807, 2.05) is 0 Å². The molecule has 2 fully saturated rings. The molecule has 1 aliphatic carbocycles. The maximum absolute atomic E-state index is 13.5. The van der Waals surface area contributed by atoms with E-state index in [1.54, 1.807) is 65.1 Å². The number of carbonyl (C=O) groups is 3. The van der Waals surface area contributed by atoms with Gasteiger partial charge in [-0.1, -0.05) is 6.08 Å². The Kier molecular flexibility index (Phi) is 7.43. The molecule has 38 heavy (non-hydrogen) atoms. The number of carbonyl (C=O) groups excluding carboxylic acids is 3. The van der Waals surface area contributed by atoms with Gasteiger partial charge in [-0.3, -0.25) is 9.69 Å². The third-order valence-electron chi connectivity index (χ3n) is 6.61. The van der Waals surface area contributed by atoms with E-state index in [0.717, 1.165) is 0 Å². The minimum atomic E-state index is -1.18. The minimum Gasteiger partial charge on any atom is -0.497 e. The first-order chi connectivity index (χ1) is 18.0. The number of aromatic nitrogens is 4. The van der Waals surface area contributed by atoms with Crippen molar-refractivity contribution in [2.75, 3.05) is 20.3 Å². The van der Waals surface area contributed by atoms with Crippen molar-refractivity contribution in [3.05, 3.63) is 42.7 Å². The van der Waals surface area contributed by atoms with Gasteiger partial charge in [-0.15, -0.1) is 21.6 Å². The lowest BCUT2D eigenvalue weighted by Crippen LogP contribution is -2.53. The summed E-state index contributed by atoms with van der Waals surface area (Å²) >= 11 is 0. The average molecular weight is 527 g/mol. The van der Waals surface area contributed by atoms with Gasteiger partial charge in [-0.25, -0.2) is 9.59 Å². The van der Waals surface area contributed by atoms with Crippen molar-refractivity contribution in [3.63, 3.8) is 0 Å². The standard InChI is InChI=1S/C26H34N6O6/c1-7-17-14-26(17,23(34)37-8-2)27-22(33)20-13-16(15-31(20)24(35)38-25(3,4)5)21-28-30-32(29-21)18-9-11-19(36-6)12-10-18/h7,9-12,16-17,20H,1,8,13-15H2,2-6H3,(H,27,33)/t16-,17-,20+,26-/m1/s1. The van der Waals surface area contributed by atoms with E-state index >= 15 is 0 Å². The minimum absolute atomic E-state index is 0.151. The Hall–Kier alpha value is -3.96. The molecule has 0 spiro atoms. The van der Waals surface area contributed by atoms with Gasteiger partial charge in [-0.05, 0) is 70.0 Å². The number of esters is 1. The van der Waals surface area contributed by atoms with E-state index in [1.165, 1.54) is 9.70 Å². The second-order valence-electron chi connectivity index (χ2n) is 10.4. The van der Waals surface area contributed by atoms with Gasteiger partial charge in [0.25, 0.3) is 0 Å². The number of nitrogens with one attached hydrogen (secondary N) is 1. The number of amides is 2. The smallest absolute Gasteiger partial charge is 0.410 e. The van der Waals surface area contributed by atoms with E-state index in [2.05, 4.69) is 27.3 Å². The molecule has 1 saturated heterocycles. The van der Waals surface area contributed by atoms with Gasteiger partial charge in [0.2, 0.25) is 5.91 Å². The first-order valence-electron chi connectivity index (χ1n) is 12.6. The van der Waals surface area contributed by atoms with Crippen molar-refractivity contribution < 1.29 is 28.6 Å². The van der Waals surface area contributed by atoms with Crippen molar-refractivity contribution >= 4 is 18.0 Å². The summed E-state index contributed by atoms with van der Waals surface area (Å²) in [7, 11) is 1.58. The molecule has 0 bridgehead atoms. The molecule has 12 heteroatoms. The molecule has 1 aromatic heterocycles. The fourth-order valence-electron chi connectivity index (χ4n) is 4.57. The highest BCUT2D eigenvalue weighted by atomic mass is 16.6. The topological polar surface area (TPSA) is 138 Å². The first-order valence-corrected chi connectivity index (χ1v) is 12.6. The molecule has 1 aromatic carbocycles. The van der Waals surface area contributed by atoms with E-state index in [-0.39, 0.29) is 31.4 Å². The summed E-state index contributed by atoms with van der Waals surface area (Å²) in [5, 5.41) is 15.7. The number of likely N-dealkylation sites (tertiary alicyclic amines) is 1. The molecular weight excluding hydrogens is 492 g/mol. The number of ether oxygens (including phenoxy) is 3. The fraction of sp³-hybridized carbons (Fsp3) is 0.538. The van der Waals surface area contributed by atoms with E-state index < -0.39 is 35.2 Å². The van der Waals surface area contributed by atoms with Crippen molar-refractivity contribution in [3.8, 4) is 11.4 Å². The van der Waals surface area contributed by atoms with Crippen molar-refractivity contribution in [2.24, 2.45) is 5.92 Å². The van der Waals surface area contributed by atoms with Crippen LogP contribution < -0.4 is 10.1 Å². The molecule has 2 amide bonds. The van der Waals surface area contributed by atoms with Crippen LogP contribution in [0.2, 0.25) is 0 Å². The number of rotatable bonds is 8. The summed E-state index contributed by atoms with van der Waals surface area (Å²) in [4.78, 5) is 42.1. The summed E-state index contributed by atoms with van der Waals surface area (Å²) in [5.74, 6) is -0.525. The van der Waals surface area contributed by atoms with E-state index in [4.69, 9.17) is 14.2 Å². The molecule has 1 aliphatic heterocycles. The van der Waals surface area contributed by atoms with Crippen LogP contribution in [0.4, 0.5) is 4.79 Å². The molecule has 12 nitrogen and oxygen atoms in total. The van der Waals surface area contributed by atoms with Crippen LogP contribution in [0.25, 0.3) is 5.69 Å². The monoisotopic (exact) mass is 526 g/mol. The van der Waals surface area contributed by atoms with Gasteiger partial charge in [-0.2, -0.15) is 0 Å². The Morgan fingerprint density at radius 1 is 1.24 bits per heavy atom. The quantitative estimate of drug-likeness (QED) is 0.406. The maximum atomic E-state index is 13.5. The lowest BCUT2D eigenvalue weighted by atomic mass is 10.0. The second kappa shape index (κ2) is 10.4. The Labute approximate surface area is 221 Å². The molecule has 0 radical (unpaired) electrons. The molecule has 1 saturated carbocycles. The predicted molar refractivity (Wildman–Crippen MR) is 136 cm³/mol. The molecule has 4 rings (SSSR count).